The smallest absolute Gasteiger partial charge is 0.376 e. The van der Waals surface area contributed by atoms with E-state index in [2.05, 4.69) is 4.18 Å². The highest BCUT2D eigenvalue weighted by Crippen LogP contribution is 2.27. The first-order valence-corrected chi connectivity index (χ1v) is 10.4. The maximum atomic E-state index is 12.3. The molecule has 0 saturated carbocycles. The first-order valence-electron chi connectivity index (χ1n) is 5.47. The Hall–Kier alpha value is -1.02. The third-order valence-corrected chi connectivity index (χ3v) is 5.57. The minimum absolute atomic E-state index is 0.225. The van der Waals surface area contributed by atoms with Crippen molar-refractivity contribution in [3.8, 4) is 5.75 Å². The van der Waals surface area contributed by atoms with Crippen molar-refractivity contribution in [3.05, 3.63) is 23.8 Å². The van der Waals surface area contributed by atoms with Crippen molar-refractivity contribution >= 4 is 23.4 Å². The Balaban J connectivity index is 3.36. The van der Waals surface area contributed by atoms with Crippen LogP contribution in [0, 0.1) is 6.92 Å². The molecule has 0 spiro atoms. The number of benzene rings is 1. The standard InChI is InChI=1S/C11H15F3O3SSi/c1-8-6-5-7-9(10(8)19(2,3)4)17-18(15,16)11(12,13)14/h5-7H,1-4H3. The molecule has 0 saturated heterocycles. The lowest BCUT2D eigenvalue weighted by molar-refractivity contribution is -0.0499. The molecule has 0 fully saturated rings. The third kappa shape index (κ3) is 3.50. The van der Waals surface area contributed by atoms with Gasteiger partial charge in [0.1, 0.15) is 5.75 Å². The van der Waals surface area contributed by atoms with Crippen molar-refractivity contribution < 1.29 is 25.8 Å². The van der Waals surface area contributed by atoms with Gasteiger partial charge in [-0.15, -0.1) is 0 Å². The van der Waals surface area contributed by atoms with E-state index in [4.69, 9.17) is 0 Å². The molecule has 1 aromatic carbocycles. The molecule has 8 heteroatoms. The molecule has 0 heterocycles. The zero-order chi connectivity index (χ0) is 15.1. The van der Waals surface area contributed by atoms with Crippen LogP contribution in [-0.4, -0.2) is 22.0 Å². The molecule has 19 heavy (non-hydrogen) atoms. The highest BCUT2D eigenvalue weighted by Gasteiger charge is 2.49. The lowest BCUT2D eigenvalue weighted by Crippen LogP contribution is -2.42. The Morgan fingerprint density at radius 2 is 1.68 bits per heavy atom. The third-order valence-electron chi connectivity index (χ3n) is 2.47. The fourth-order valence-electron chi connectivity index (χ4n) is 1.84. The quantitative estimate of drug-likeness (QED) is 0.490. The van der Waals surface area contributed by atoms with Crippen LogP contribution in [0.2, 0.25) is 19.6 Å². The molecule has 0 bridgehead atoms. The largest absolute Gasteiger partial charge is 0.534 e. The maximum absolute atomic E-state index is 12.3. The van der Waals surface area contributed by atoms with E-state index in [-0.39, 0.29) is 5.75 Å². The summed E-state index contributed by atoms with van der Waals surface area (Å²) in [5, 5.41) is 0.572. The van der Waals surface area contributed by atoms with Crippen LogP contribution in [-0.2, 0) is 10.1 Å². The summed E-state index contributed by atoms with van der Waals surface area (Å²) in [6, 6.07) is 4.45. The molecule has 0 N–H and O–H groups in total. The van der Waals surface area contributed by atoms with Gasteiger partial charge in [0.2, 0.25) is 0 Å². The zero-order valence-corrected chi connectivity index (χ0v) is 12.8. The predicted octanol–water partition coefficient (Wildman–Crippen LogP) is 2.77. The van der Waals surface area contributed by atoms with Crippen molar-refractivity contribution in [2.24, 2.45) is 0 Å². The van der Waals surface area contributed by atoms with E-state index < -0.39 is 23.7 Å². The van der Waals surface area contributed by atoms with Gasteiger partial charge in [0.05, 0.1) is 8.07 Å². The zero-order valence-electron chi connectivity index (χ0n) is 11.0. The maximum Gasteiger partial charge on any atom is 0.534 e. The summed E-state index contributed by atoms with van der Waals surface area (Å²) in [4.78, 5) is 0. The average Bonchev–Trinajstić information content (AvgIpc) is 2.12. The van der Waals surface area contributed by atoms with E-state index in [1.165, 1.54) is 12.1 Å². The molecule has 3 nitrogen and oxygen atoms in total. The predicted molar refractivity (Wildman–Crippen MR) is 69.8 cm³/mol. The molecule has 0 aromatic heterocycles. The van der Waals surface area contributed by atoms with Crippen molar-refractivity contribution in [2.75, 3.05) is 0 Å². The number of hydrogen-bond donors (Lipinski definition) is 0. The fourth-order valence-corrected chi connectivity index (χ4v) is 4.52. The summed E-state index contributed by atoms with van der Waals surface area (Å²) < 4.78 is 63.5. The summed E-state index contributed by atoms with van der Waals surface area (Å²) in [5.41, 5.74) is -4.69. The molecule has 0 unspecified atom stereocenters. The van der Waals surface area contributed by atoms with E-state index in [0.29, 0.717) is 5.19 Å². The minimum Gasteiger partial charge on any atom is -0.376 e. The lowest BCUT2D eigenvalue weighted by atomic mass is 10.2. The monoisotopic (exact) mass is 312 g/mol. The second-order valence-electron chi connectivity index (χ2n) is 5.18. The second kappa shape index (κ2) is 4.82. The normalized spacial score (nSPS) is 13.4. The van der Waals surface area contributed by atoms with Gasteiger partial charge < -0.3 is 4.18 Å². The Bertz CT molecular complexity index is 574. The molecule has 0 aliphatic heterocycles. The Labute approximate surface area is 111 Å². The van der Waals surface area contributed by atoms with Gasteiger partial charge in [0.15, 0.2) is 0 Å². The van der Waals surface area contributed by atoms with E-state index in [0.717, 1.165) is 5.56 Å². The topological polar surface area (TPSA) is 43.4 Å². The molecular formula is C11H15F3O3SSi. The molecule has 1 rings (SSSR count). The van der Waals surface area contributed by atoms with Crippen LogP contribution in [0.15, 0.2) is 18.2 Å². The summed E-state index contributed by atoms with van der Waals surface area (Å²) in [6.45, 7) is 7.44. The van der Waals surface area contributed by atoms with E-state index in [1.807, 2.05) is 19.6 Å². The van der Waals surface area contributed by atoms with E-state index >= 15 is 0 Å². The molecule has 1 aromatic rings. The first kappa shape index (κ1) is 16.0. The minimum atomic E-state index is -5.63. The molecule has 0 amide bonds. The summed E-state index contributed by atoms with van der Waals surface area (Å²) in [6.07, 6.45) is 0. The SMILES string of the molecule is Cc1cccc(OS(=O)(=O)C(F)(F)F)c1[Si](C)(C)C. The number of halogens is 3. The van der Waals surface area contributed by atoms with E-state index in [9.17, 15) is 21.6 Å². The summed E-state index contributed by atoms with van der Waals surface area (Å²) >= 11 is 0. The average molecular weight is 312 g/mol. The molecule has 108 valence electrons. The van der Waals surface area contributed by atoms with Gasteiger partial charge in [-0.2, -0.15) is 21.6 Å². The van der Waals surface area contributed by atoms with Gasteiger partial charge in [-0.05, 0) is 23.7 Å². The van der Waals surface area contributed by atoms with Crippen LogP contribution in [0.3, 0.4) is 0 Å². The summed E-state index contributed by atoms with van der Waals surface area (Å²) in [5.74, 6) is -0.225. The molecule has 0 aliphatic rings. The molecule has 0 aliphatic carbocycles. The van der Waals surface area contributed by atoms with Crippen LogP contribution < -0.4 is 9.37 Å². The molecular weight excluding hydrogens is 297 g/mol. The first-order chi connectivity index (χ1) is 8.36. The Morgan fingerprint density at radius 3 is 2.11 bits per heavy atom. The van der Waals surface area contributed by atoms with Crippen molar-refractivity contribution in [2.45, 2.75) is 32.1 Å². The highest BCUT2D eigenvalue weighted by molar-refractivity contribution is 7.88. The van der Waals surface area contributed by atoms with Crippen molar-refractivity contribution in [1.82, 2.24) is 0 Å². The van der Waals surface area contributed by atoms with Gasteiger partial charge in [0, 0.05) is 0 Å². The van der Waals surface area contributed by atoms with Gasteiger partial charge in [-0.1, -0.05) is 31.8 Å². The highest BCUT2D eigenvalue weighted by atomic mass is 32.2. The Kier molecular flexibility index (Phi) is 4.07. The number of aryl methyl sites for hydroxylation is 1. The van der Waals surface area contributed by atoms with Crippen LogP contribution >= 0.6 is 0 Å². The lowest BCUT2D eigenvalue weighted by Gasteiger charge is -2.23. The number of rotatable bonds is 3. The van der Waals surface area contributed by atoms with Crippen LogP contribution in [0.25, 0.3) is 0 Å². The number of hydrogen-bond acceptors (Lipinski definition) is 3. The van der Waals surface area contributed by atoms with Gasteiger partial charge in [-0.25, -0.2) is 0 Å². The van der Waals surface area contributed by atoms with Gasteiger partial charge >= 0.3 is 15.6 Å². The molecule has 0 radical (unpaired) electrons. The Morgan fingerprint density at radius 1 is 1.16 bits per heavy atom. The summed E-state index contributed by atoms with van der Waals surface area (Å²) in [7, 11) is -7.67. The molecule has 0 atom stereocenters. The number of alkyl halides is 3. The van der Waals surface area contributed by atoms with Gasteiger partial charge in [0.25, 0.3) is 0 Å². The van der Waals surface area contributed by atoms with E-state index in [1.54, 1.807) is 13.0 Å². The van der Waals surface area contributed by atoms with Crippen LogP contribution in [0.1, 0.15) is 5.56 Å². The van der Waals surface area contributed by atoms with Crippen LogP contribution in [0.5, 0.6) is 5.75 Å². The fraction of sp³-hybridized carbons (Fsp3) is 0.455. The van der Waals surface area contributed by atoms with Crippen LogP contribution in [0.4, 0.5) is 13.2 Å². The van der Waals surface area contributed by atoms with Crippen molar-refractivity contribution in [3.63, 3.8) is 0 Å². The van der Waals surface area contributed by atoms with Crippen molar-refractivity contribution in [1.29, 1.82) is 0 Å². The van der Waals surface area contributed by atoms with Gasteiger partial charge in [-0.3, -0.25) is 0 Å². The second-order valence-corrected chi connectivity index (χ2v) is 11.7.